The molecule has 64 heavy (non-hydrogen) atoms. The van der Waals surface area contributed by atoms with E-state index < -0.39 is 0 Å². The average Bonchev–Trinajstić information content (AvgIpc) is 3.29. The maximum Gasteiger partial charge on any atom is 0.326 e. The van der Waals surface area contributed by atoms with Crippen LogP contribution in [0.1, 0.15) is 86.1 Å². The van der Waals surface area contributed by atoms with Crippen LogP contribution in [0.15, 0.2) is 114 Å². The fourth-order valence-corrected chi connectivity index (χ4v) is 8.63. The monoisotopic (exact) mass is 982 g/mol. The van der Waals surface area contributed by atoms with Gasteiger partial charge in [-0.25, -0.2) is 9.59 Å². The van der Waals surface area contributed by atoms with Crippen LogP contribution in [-0.2, 0) is 51.6 Å². The minimum atomic E-state index is -0.240. The number of aryl methyl sites for hydroxylation is 2. The summed E-state index contributed by atoms with van der Waals surface area (Å²) in [5, 5.41) is 8.05. The molecule has 6 aromatic carbocycles. The van der Waals surface area contributed by atoms with Crippen LogP contribution in [0.4, 0.5) is 43.7 Å². The van der Waals surface area contributed by atoms with Gasteiger partial charge >= 0.3 is 12.1 Å². The number of amides is 4. The van der Waals surface area contributed by atoms with Crippen LogP contribution in [0.5, 0.6) is 0 Å². The zero-order chi connectivity index (χ0) is 46.5. The third-order valence-electron chi connectivity index (χ3n) is 11.2. The highest BCUT2D eigenvalue weighted by molar-refractivity contribution is 9.10. The Morgan fingerprint density at radius 1 is 0.484 bits per heavy atom. The lowest BCUT2D eigenvalue weighted by molar-refractivity contribution is 0.256. The van der Waals surface area contributed by atoms with Gasteiger partial charge in [0.05, 0.1) is 24.5 Å². The van der Waals surface area contributed by atoms with E-state index in [1.54, 1.807) is 21.9 Å². The molecule has 0 unspecified atom stereocenters. The van der Waals surface area contributed by atoms with Gasteiger partial charge < -0.3 is 22.1 Å². The van der Waals surface area contributed by atoms with Crippen molar-refractivity contribution >= 4 is 96.9 Å². The fraction of sp³-hybridized carbons (Fsp3) is 0.269. The molecule has 0 aromatic heterocycles. The Labute approximate surface area is 402 Å². The molecule has 0 aliphatic heterocycles. The molecule has 336 valence electrons. The van der Waals surface area contributed by atoms with E-state index in [0.29, 0.717) is 70.9 Å². The Morgan fingerprint density at radius 2 is 0.812 bits per heavy atom. The van der Waals surface area contributed by atoms with E-state index in [2.05, 4.69) is 52.5 Å². The van der Waals surface area contributed by atoms with E-state index in [1.807, 2.05) is 113 Å². The SMILES string of the molecule is CCc1ccc(N(Cc2ccc(Br)cc2)C(=O)Nc2c(CC)c(N)cc(Cl)c2CC)cc1.CCc1ccc(N(Cc2ccc(Cl)cc2)C(=O)Nc2c(CC)c(N)cc(Cl)c2CC)cc1. The number of nitrogen functional groups attached to an aromatic ring is 2. The van der Waals surface area contributed by atoms with Crippen molar-refractivity contribution in [3.8, 4) is 0 Å². The molecule has 0 fully saturated rings. The van der Waals surface area contributed by atoms with Gasteiger partial charge in [-0.2, -0.15) is 0 Å². The molecule has 6 aromatic rings. The lowest BCUT2D eigenvalue weighted by atomic mass is 10.0. The molecule has 0 bridgehead atoms. The summed E-state index contributed by atoms with van der Waals surface area (Å²) >= 11 is 22.5. The number of urea groups is 2. The van der Waals surface area contributed by atoms with E-state index in [9.17, 15) is 9.59 Å². The first-order valence-electron chi connectivity index (χ1n) is 21.8. The van der Waals surface area contributed by atoms with Crippen molar-refractivity contribution in [2.45, 2.75) is 93.2 Å². The van der Waals surface area contributed by atoms with Crippen molar-refractivity contribution in [2.24, 2.45) is 0 Å². The van der Waals surface area contributed by atoms with E-state index in [-0.39, 0.29) is 12.1 Å². The zero-order valence-corrected chi connectivity index (χ0v) is 41.3. The minimum absolute atomic E-state index is 0.219. The lowest BCUT2D eigenvalue weighted by Gasteiger charge is -2.26. The Hall–Kier alpha value is -5.19. The number of carbonyl (C=O) groups is 2. The summed E-state index contributed by atoms with van der Waals surface area (Å²) in [5.41, 5.74) is 24.7. The molecule has 0 spiro atoms. The molecule has 0 saturated carbocycles. The van der Waals surface area contributed by atoms with Gasteiger partial charge in [-0.05, 0) is 144 Å². The van der Waals surface area contributed by atoms with Crippen molar-refractivity contribution in [2.75, 3.05) is 31.9 Å². The molecular weight excluding hydrogens is 927 g/mol. The standard InChI is InChI=1S/C26H29BrClN3O.C26H29Cl2N3O/c2*1-4-17-9-13-20(14-10-17)31(16-18-7-11-19(27)12-8-18)26(32)30-25-21(5-2)23(28)15-24(29)22(25)6-3/h2*7-15H,4-6,16,29H2,1-3H3,(H,30,32). The second kappa shape index (κ2) is 23.7. The Balaban J connectivity index is 0.000000241. The number of hydrogen-bond donors (Lipinski definition) is 4. The number of anilines is 6. The summed E-state index contributed by atoms with van der Waals surface area (Å²) in [6.45, 7) is 13.1. The van der Waals surface area contributed by atoms with Crippen LogP contribution in [0.2, 0.25) is 15.1 Å². The maximum atomic E-state index is 13.6. The number of benzene rings is 6. The number of halogens is 4. The van der Waals surface area contributed by atoms with Gasteiger partial charge in [-0.3, -0.25) is 9.80 Å². The predicted molar refractivity (Wildman–Crippen MR) is 277 cm³/mol. The highest BCUT2D eigenvalue weighted by Crippen LogP contribution is 2.36. The van der Waals surface area contributed by atoms with E-state index >= 15 is 0 Å². The second-order valence-corrected chi connectivity index (χ2v) is 17.5. The average molecular weight is 985 g/mol. The predicted octanol–water partition coefficient (Wildman–Crippen LogP) is 15.1. The Morgan fingerprint density at radius 3 is 1.14 bits per heavy atom. The molecule has 0 aliphatic rings. The Bertz CT molecular complexity index is 2280. The third kappa shape index (κ3) is 12.5. The molecule has 12 heteroatoms. The van der Waals surface area contributed by atoms with Crippen LogP contribution in [0, 0.1) is 0 Å². The number of nitrogens with one attached hydrogen (secondary N) is 2. The quantitative estimate of drug-likeness (QED) is 0.0813. The zero-order valence-electron chi connectivity index (χ0n) is 37.4. The molecule has 0 saturated heterocycles. The van der Waals surface area contributed by atoms with Crippen molar-refractivity contribution in [1.82, 2.24) is 0 Å². The number of rotatable bonds is 14. The molecule has 0 radical (unpaired) electrons. The molecule has 0 heterocycles. The maximum absolute atomic E-state index is 13.6. The van der Waals surface area contributed by atoms with Crippen LogP contribution in [0.3, 0.4) is 0 Å². The summed E-state index contributed by atoms with van der Waals surface area (Å²) < 4.78 is 0.999. The summed E-state index contributed by atoms with van der Waals surface area (Å²) in [5.74, 6) is 0. The summed E-state index contributed by atoms with van der Waals surface area (Å²) in [7, 11) is 0. The molecule has 0 atom stereocenters. The fourth-order valence-electron chi connectivity index (χ4n) is 7.55. The molecule has 6 N–H and O–H groups in total. The van der Waals surface area contributed by atoms with E-state index in [4.69, 9.17) is 46.3 Å². The van der Waals surface area contributed by atoms with Crippen molar-refractivity contribution in [3.05, 3.63) is 173 Å². The van der Waals surface area contributed by atoms with E-state index in [0.717, 1.165) is 67.8 Å². The minimum Gasteiger partial charge on any atom is -0.398 e. The van der Waals surface area contributed by atoms with Gasteiger partial charge in [0.25, 0.3) is 0 Å². The summed E-state index contributed by atoms with van der Waals surface area (Å²) in [4.78, 5) is 30.7. The highest BCUT2D eigenvalue weighted by atomic mass is 79.9. The highest BCUT2D eigenvalue weighted by Gasteiger charge is 2.23. The van der Waals surface area contributed by atoms with Crippen LogP contribution < -0.4 is 31.9 Å². The van der Waals surface area contributed by atoms with Gasteiger partial charge in [0.15, 0.2) is 0 Å². The first-order valence-corrected chi connectivity index (χ1v) is 23.7. The number of carbonyl (C=O) groups excluding carboxylic acids is 2. The second-order valence-electron chi connectivity index (χ2n) is 15.3. The van der Waals surface area contributed by atoms with Crippen LogP contribution in [-0.4, -0.2) is 12.1 Å². The molecule has 0 aliphatic carbocycles. The first kappa shape index (κ1) is 49.8. The smallest absolute Gasteiger partial charge is 0.326 e. The normalized spacial score (nSPS) is 10.8. The third-order valence-corrected chi connectivity index (χ3v) is 12.7. The summed E-state index contributed by atoms with van der Waals surface area (Å²) in [6.07, 6.45) is 4.65. The molecule has 6 rings (SSSR count). The van der Waals surface area contributed by atoms with Crippen molar-refractivity contribution < 1.29 is 9.59 Å². The van der Waals surface area contributed by atoms with Gasteiger partial charge in [0, 0.05) is 42.3 Å². The molecule has 8 nitrogen and oxygen atoms in total. The number of hydrogen-bond acceptors (Lipinski definition) is 4. The van der Waals surface area contributed by atoms with Gasteiger partial charge in [-0.15, -0.1) is 0 Å². The largest absolute Gasteiger partial charge is 0.398 e. The first-order chi connectivity index (χ1) is 30.7. The van der Waals surface area contributed by atoms with Gasteiger partial charge in [0.1, 0.15) is 0 Å². The molecular formula is C52H58BrCl3N6O2. The number of nitrogens with zero attached hydrogens (tertiary/aromatic N) is 2. The topological polar surface area (TPSA) is 117 Å². The summed E-state index contributed by atoms with van der Waals surface area (Å²) in [6, 6.07) is 34.7. The Kier molecular flexibility index (Phi) is 18.4. The van der Waals surface area contributed by atoms with Gasteiger partial charge in [0.2, 0.25) is 0 Å². The van der Waals surface area contributed by atoms with Crippen LogP contribution in [0.25, 0.3) is 0 Å². The van der Waals surface area contributed by atoms with Crippen molar-refractivity contribution in [1.29, 1.82) is 0 Å². The van der Waals surface area contributed by atoms with Crippen LogP contribution >= 0.6 is 50.7 Å². The van der Waals surface area contributed by atoms with E-state index in [1.165, 1.54) is 11.1 Å². The van der Waals surface area contributed by atoms with Gasteiger partial charge in [-0.1, -0.05) is 141 Å². The number of nitrogens with two attached hydrogens (primary N) is 2. The van der Waals surface area contributed by atoms with Crippen molar-refractivity contribution in [3.63, 3.8) is 0 Å². The molecule has 4 amide bonds. The lowest BCUT2D eigenvalue weighted by Crippen LogP contribution is -2.35.